The van der Waals surface area contributed by atoms with Crippen LogP contribution in [0.5, 0.6) is 0 Å². The molecule has 1 nitrogen and oxygen atoms in total. The first-order chi connectivity index (χ1) is 29.5. The van der Waals surface area contributed by atoms with Crippen molar-refractivity contribution in [2.45, 2.75) is 19.3 Å². The number of fused-ring (bicyclic) bond motifs is 9. The summed E-state index contributed by atoms with van der Waals surface area (Å²) >= 11 is 3.75. The molecule has 60 heavy (non-hydrogen) atoms. The molecule has 0 saturated carbocycles. The van der Waals surface area contributed by atoms with Crippen molar-refractivity contribution in [3.8, 4) is 44.5 Å². The SMILES string of the molecule is CC1(C)c2cc(N(c3ccc(-c4ccc5sc6ccccc6c5c4)cc3)c3ccc(-c4cccc5c4sc4ccccc45)cc3)ccc2-c2c(-c3ccccc3)cccc21. The Labute approximate surface area is 358 Å². The van der Waals surface area contributed by atoms with E-state index in [1.807, 2.05) is 22.7 Å². The summed E-state index contributed by atoms with van der Waals surface area (Å²) in [6.07, 6.45) is 0. The second kappa shape index (κ2) is 13.6. The molecule has 0 atom stereocenters. The van der Waals surface area contributed by atoms with Crippen LogP contribution in [0.3, 0.4) is 0 Å². The molecule has 0 amide bonds. The quantitative estimate of drug-likeness (QED) is 0.162. The zero-order valence-electron chi connectivity index (χ0n) is 33.3. The van der Waals surface area contributed by atoms with Crippen LogP contribution in [0.15, 0.2) is 200 Å². The van der Waals surface area contributed by atoms with E-state index in [9.17, 15) is 0 Å². The zero-order valence-corrected chi connectivity index (χ0v) is 34.9. The van der Waals surface area contributed by atoms with Gasteiger partial charge in [-0.1, -0.05) is 153 Å². The van der Waals surface area contributed by atoms with Crippen molar-refractivity contribution in [3.05, 3.63) is 211 Å². The molecular formula is C57H39NS2. The number of thiophene rings is 2. The molecule has 11 aromatic rings. The molecule has 0 saturated heterocycles. The summed E-state index contributed by atoms with van der Waals surface area (Å²) in [5.74, 6) is 0. The van der Waals surface area contributed by atoms with Crippen LogP contribution in [0.2, 0.25) is 0 Å². The lowest BCUT2D eigenvalue weighted by atomic mass is 9.81. The molecule has 0 radical (unpaired) electrons. The highest BCUT2D eigenvalue weighted by Crippen LogP contribution is 2.54. The minimum absolute atomic E-state index is 0.168. The lowest BCUT2D eigenvalue weighted by Crippen LogP contribution is -2.16. The largest absolute Gasteiger partial charge is 0.310 e. The third-order valence-corrected chi connectivity index (χ3v) is 15.1. The Morgan fingerprint density at radius 1 is 0.350 bits per heavy atom. The van der Waals surface area contributed by atoms with E-state index in [1.54, 1.807) is 0 Å². The van der Waals surface area contributed by atoms with Crippen LogP contribution in [0, 0.1) is 0 Å². The number of nitrogens with zero attached hydrogens (tertiary/aromatic N) is 1. The van der Waals surface area contributed by atoms with E-state index in [2.05, 4.69) is 219 Å². The van der Waals surface area contributed by atoms with E-state index in [4.69, 9.17) is 0 Å². The van der Waals surface area contributed by atoms with Gasteiger partial charge in [-0.3, -0.25) is 0 Å². The summed E-state index contributed by atoms with van der Waals surface area (Å²) in [5.41, 5.74) is 16.1. The summed E-state index contributed by atoms with van der Waals surface area (Å²) in [4.78, 5) is 2.43. The molecule has 0 fully saturated rings. The predicted molar refractivity (Wildman–Crippen MR) is 261 cm³/mol. The summed E-state index contributed by atoms with van der Waals surface area (Å²) in [6, 6.07) is 74.3. The molecule has 3 heteroatoms. The van der Waals surface area contributed by atoms with E-state index in [1.165, 1.54) is 96.0 Å². The molecule has 2 heterocycles. The summed E-state index contributed by atoms with van der Waals surface area (Å²) in [7, 11) is 0. The van der Waals surface area contributed by atoms with Gasteiger partial charge in [0.1, 0.15) is 0 Å². The average molecular weight is 802 g/mol. The topological polar surface area (TPSA) is 3.24 Å². The fraction of sp³-hybridized carbons (Fsp3) is 0.0526. The molecular weight excluding hydrogens is 763 g/mol. The van der Waals surface area contributed by atoms with Crippen LogP contribution in [-0.2, 0) is 5.41 Å². The number of benzene rings is 9. The number of rotatable bonds is 6. The Bertz CT molecular complexity index is 3440. The van der Waals surface area contributed by atoms with Gasteiger partial charge in [0, 0.05) is 62.8 Å². The maximum absolute atomic E-state index is 2.44. The molecule has 284 valence electrons. The van der Waals surface area contributed by atoms with Gasteiger partial charge in [-0.2, -0.15) is 0 Å². The van der Waals surface area contributed by atoms with Crippen LogP contribution in [-0.4, -0.2) is 0 Å². The van der Waals surface area contributed by atoms with Crippen molar-refractivity contribution in [1.82, 2.24) is 0 Å². The van der Waals surface area contributed by atoms with Crippen LogP contribution >= 0.6 is 22.7 Å². The molecule has 12 rings (SSSR count). The van der Waals surface area contributed by atoms with Crippen molar-refractivity contribution < 1.29 is 0 Å². The standard InChI is InChI=1S/C57H39NS2/c1-57(2)50-19-11-16-43(37-12-4-3-5-13-37)55(50)48-32-31-42(35-51(48)57)58(40-27-22-36(23-28-40)39-26-33-54-49(34-39)46-15-7-8-20-52(46)59-54)41-29-24-38(25-30-41)44-17-10-18-47-45-14-6-9-21-53(45)60-56(44)47/h3-35H,1-2H3. The normalized spacial score (nSPS) is 13.0. The monoisotopic (exact) mass is 801 g/mol. The molecule has 9 aromatic carbocycles. The smallest absolute Gasteiger partial charge is 0.0465 e. The Balaban J connectivity index is 0.981. The molecule has 1 aliphatic carbocycles. The van der Waals surface area contributed by atoms with Gasteiger partial charge in [-0.25, -0.2) is 0 Å². The Hall–Kier alpha value is -6.78. The Kier molecular flexibility index (Phi) is 8.00. The van der Waals surface area contributed by atoms with Crippen molar-refractivity contribution in [2.24, 2.45) is 0 Å². The number of hydrogen-bond acceptors (Lipinski definition) is 3. The fourth-order valence-electron chi connectivity index (χ4n) is 9.69. The van der Waals surface area contributed by atoms with E-state index in [-0.39, 0.29) is 5.41 Å². The third-order valence-electron chi connectivity index (χ3n) is 12.7. The van der Waals surface area contributed by atoms with Crippen molar-refractivity contribution in [3.63, 3.8) is 0 Å². The van der Waals surface area contributed by atoms with E-state index < -0.39 is 0 Å². The first-order valence-electron chi connectivity index (χ1n) is 20.7. The predicted octanol–water partition coefficient (Wildman–Crippen LogP) is 17.2. The fourth-order valence-corrected chi connectivity index (χ4v) is 12.0. The molecule has 0 bridgehead atoms. The van der Waals surface area contributed by atoms with Crippen LogP contribution < -0.4 is 4.90 Å². The zero-order chi connectivity index (χ0) is 40.0. The van der Waals surface area contributed by atoms with Gasteiger partial charge < -0.3 is 4.90 Å². The second-order valence-corrected chi connectivity index (χ2v) is 18.6. The highest BCUT2D eigenvalue weighted by atomic mass is 32.1. The molecule has 0 aliphatic heterocycles. The highest BCUT2D eigenvalue weighted by Gasteiger charge is 2.37. The van der Waals surface area contributed by atoms with Gasteiger partial charge >= 0.3 is 0 Å². The van der Waals surface area contributed by atoms with Crippen molar-refractivity contribution in [1.29, 1.82) is 0 Å². The van der Waals surface area contributed by atoms with Crippen LogP contribution in [0.25, 0.3) is 84.9 Å². The molecule has 0 unspecified atom stereocenters. The maximum atomic E-state index is 2.44. The minimum atomic E-state index is -0.168. The summed E-state index contributed by atoms with van der Waals surface area (Å²) < 4.78 is 5.32. The maximum Gasteiger partial charge on any atom is 0.0465 e. The first-order valence-corrected chi connectivity index (χ1v) is 22.3. The number of anilines is 3. The van der Waals surface area contributed by atoms with Gasteiger partial charge in [-0.05, 0) is 116 Å². The summed E-state index contributed by atoms with van der Waals surface area (Å²) in [5, 5.41) is 5.29. The van der Waals surface area contributed by atoms with Gasteiger partial charge in [0.2, 0.25) is 0 Å². The Morgan fingerprint density at radius 3 is 1.68 bits per heavy atom. The number of hydrogen-bond donors (Lipinski definition) is 0. The van der Waals surface area contributed by atoms with Crippen LogP contribution in [0.4, 0.5) is 17.1 Å². The van der Waals surface area contributed by atoms with Gasteiger partial charge in [0.25, 0.3) is 0 Å². The molecule has 0 spiro atoms. The van der Waals surface area contributed by atoms with Gasteiger partial charge in [0.15, 0.2) is 0 Å². The minimum Gasteiger partial charge on any atom is -0.310 e. The first kappa shape index (κ1) is 35.2. The van der Waals surface area contributed by atoms with Crippen LogP contribution in [0.1, 0.15) is 25.0 Å². The highest BCUT2D eigenvalue weighted by molar-refractivity contribution is 7.26. The lowest BCUT2D eigenvalue weighted by molar-refractivity contribution is 0.660. The Morgan fingerprint density at radius 2 is 0.917 bits per heavy atom. The van der Waals surface area contributed by atoms with Gasteiger partial charge in [0.05, 0.1) is 0 Å². The van der Waals surface area contributed by atoms with E-state index >= 15 is 0 Å². The van der Waals surface area contributed by atoms with Crippen molar-refractivity contribution >= 4 is 80.1 Å². The molecule has 1 aliphatic rings. The van der Waals surface area contributed by atoms with Crippen molar-refractivity contribution in [2.75, 3.05) is 4.90 Å². The molecule has 0 N–H and O–H groups in total. The van der Waals surface area contributed by atoms with Gasteiger partial charge in [-0.15, -0.1) is 22.7 Å². The average Bonchev–Trinajstić information content (AvgIpc) is 3.94. The lowest BCUT2D eigenvalue weighted by Gasteiger charge is -2.28. The van der Waals surface area contributed by atoms with E-state index in [0.29, 0.717) is 0 Å². The summed E-state index contributed by atoms with van der Waals surface area (Å²) in [6.45, 7) is 4.76. The van der Waals surface area contributed by atoms with E-state index in [0.717, 1.165) is 17.1 Å². The third kappa shape index (κ3) is 5.50. The second-order valence-electron chi connectivity index (χ2n) is 16.5. The molecule has 2 aromatic heterocycles.